The normalized spacial score (nSPS) is 12.8. The molecule has 0 fully saturated rings. The van der Waals surface area contributed by atoms with Crippen LogP contribution in [-0.4, -0.2) is 26.2 Å². The van der Waals surface area contributed by atoms with Crippen molar-refractivity contribution in [2.45, 2.75) is 31.3 Å². The van der Waals surface area contributed by atoms with Gasteiger partial charge in [0.1, 0.15) is 10.6 Å². The van der Waals surface area contributed by atoms with E-state index in [-0.39, 0.29) is 17.2 Å². The Kier molecular flexibility index (Phi) is 5.75. The molecule has 1 aliphatic rings. The summed E-state index contributed by atoms with van der Waals surface area (Å²) in [7, 11) is 0. The number of halogens is 1. The van der Waals surface area contributed by atoms with E-state index in [1.165, 1.54) is 22.8 Å². The highest BCUT2D eigenvalue weighted by molar-refractivity contribution is 7.99. The van der Waals surface area contributed by atoms with E-state index in [9.17, 15) is 9.59 Å². The Morgan fingerprint density at radius 3 is 2.78 bits per heavy atom. The molecule has 0 bridgehead atoms. The Balaban J connectivity index is 1.50. The van der Waals surface area contributed by atoms with E-state index in [0.717, 1.165) is 46.3 Å². The lowest BCUT2D eigenvalue weighted by Gasteiger charge is -2.13. The van der Waals surface area contributed by atoms with Crippen molar-refractivity contribution in [1.29, 1.82) is 0 Å². The zero-order valence-electron chi connectivity index (χ0n) is 17.2. The third kappa shape index (κ3) is 4.05. The molecule has 1 amide bonds. The molecule has 5 rings (SSSR count). The van der Waals surface area contributed by atoms with Crippen LogP contribution in [0, 0.1) is 6.92 Å². The Bertz CT molecular complexity index is 1380. The van der Waals surface area contributed by atoms with Gasteiger partial charge in [0, 0.05) is 11.1 Å². The number of hydrogen-bond donors (Lipinski definition) is 1. The van der Waals surface area contributed by atoms with Crippen LogP contribution in [0.1, 0.15) is 22.4 Å². The molecule has 0 radical (unpaired) electrons. The summed E-state index contributed by atoms with van der Waals surface area (Å²) in [5.41, 5.74) is 2.93. The number of nitrogens with one attached hydrogen (secondary N) is 1. The molecule has 4 aromatic rings. The maximum absolute atomic E-state index is 13.6. The number of aromatic nitrogens is 3. The molecule has 162 valence electrons. The summed E-state index contributed by atoms with van der Waals surface area (Å²) in [5.74, 6) is 0.288. The number of thioether (sulfide) groups is 1. The van der Waals surface area contributed by atoms with Gasteiger partial charge in [0.2, 0.25) is 5.91 Å². The molecule has 32 heavy (non-hydrogen) atoms. The summed E-state index contributed by atoms with van der Waals surface area (Å²) in [5, 5.41) is 4.48. The fourth-order valence-corrected chi connectivity index (χ4v) is 6.03. The first kappa shape index (κ1) is 21.2. The van der Waals surface area contributed by atoms with Gasteiger partial charge in [-0.1, -0.05) is 41.1 Å². The lowest BCUT2D eigenvalue weighted by atomic mass is 10.2. The summed E-state index contributed by atoms with van der Waals surface area (Å²) in [6.07, 6.45) is 4.48. The molecule has 0 spiro atoms. The number of rotatable bonds is 5. The molecule has 9 heteroatoms. The minimum atomic E-state index is -0.233. The Morgan fingerprint density at radius 1 is 1.22 bits per heavy atom. The molecular formula is C23H19ClN4O2S2. The van der Waals surface area contributed by atoms with E-state index in [4.69, 9.17) is 16.6 Å². The number of hydrogen-bond acceptors (Lipinski definition) is 6. The maximum Gasteiger partial charge on any atom is 0.267 e. The van der Waals surface area contributed by atoms with Gasteiger partial charge < -0.3 is 5.32 Å². The number of benzene rings is 1. The van der Waals surface area contributed by atoms with Gasteiger partial charge in [0.25, 0.3) is 5.56 Å². The monoisotopic (exact) mass is 482 g/mol. The molecule has 0 atom stereocenters. The van der Waals surface area contributed by atoms with Gasteiger partial charge >= 0.3 is 0 Å². The first-order chi connectivity index (χ1) is 15.5. The Labute approximate surface area is 197 Å². The second-order valence-electron chi connectivity index (χ2n) is 7.61. The Hall–Kier alpha value is -2.68. The van der Waals surface area contributed by atoms with Crippen LogP contribution in [0.4, 0.5) is 5.82 Å². The zero-order valence-corrected chi connectivity index (χ0v) is 19.6. The highest BCUT2D eigenvalue weighted by Gasteiger charge is 2.24. The van der Waals surface area contributed by atoms with Crippen molar-refractivity contribution in [3.05, 3.63) is 74.0 Å². The standard InChI is InChI=1S/C23H19ClN4O2S2/c1-13-5-8-15(9-6-13)28-22(30)20-16-3-2-4-17(16)32-21(20)27-23(28)31-12-19(29)26-18-10-7-14(24)11-25-18/h5-11H,2-4,12H2,1H3,(H,25,26,29). The van der Waals surface area contributed by atoms with Crippen LogP contribution in [0.25, 0.3) is 15.9 Å². The van der Waals surface area contributed by atoms with E-state index in [1.807, 2.05) is 31.2 Å². The smallest absolute Gasteiger partial charge is 0.267 e. The summed E-state index contributed by atoms with van der Waals surface area (Å²) < 4.78 is 1.63. The second kappa shape index (κ2) is 8.69. The van der Waals surface area contributed by atoms with E-state index in [2.05, 4.69) is 10.3 Å². The van der Waals surface area contributed by atoms with Crippen LogP contribution < -0.4 is 10.9 Å². The predicted molar refractivity (Wildman–Crippen MR) is 131 cm³/mol. The summed E-state index contributed by atoms with van der Waals surface area (Å²) in [6.45, 7) is 2.00. The summed E-state index contributed by atoms with van der Waals surface area (Å²) in [6, 6.07) is 11.1. The van der Waals surface area contributed by atoms with Crippen LogP contribution in [-0.2, 0) is 17.6 Å². The lowest BCUT2D eigenvalue weighted by Crippen LogP contribution is -2.23. The third-order valence-electron chi connectivity index (χ3n) is 5.33. The van der Waals surface area contributed by atoms with Crippen molar-refractivity contribution >= 4 is 56.6 Å². The van der Waals surface area contributed by atoms with Gasteiger partial charge in [-0.25, -0.2) is 9.97 Å². The molecule has 1 N–H and O–H groups in total. The molecule has 6 nitrogen and oxygen atoms in total. The van der Waals surface area contributed by atoms with Crippen molar-refractivity contribution in [2.75, 3.05) is 11.1 Å². The van der Waals surface area contributed by atoms with Crippen LogP contribution in [0.15, 0.2) is 52.5 Å². The van der Waals surface area contributed by atoms with E-state index in [1.54, 1.807) is 28.0 Å². The van der Waals surface area contributed by atoms with Gasteiger partial charge in [-0.05, 0) is 56.0 Å². The largest absolute Gasteiger partial charge is 0.310 e. The topological polar surface area (TPSA) is 76.9 Å². The SMILES string of the molecule is Cc1ccc(-n2c(SCC(=O)Nc3ccc(Cl)cn3)nc3sc4c(c3c2=O)CCC4)cc1. The number of anilines is 1. The average molecular weight is 483 g/mol. The summed E-state index contributed by atoms with van der Waals surface area (Å²) >= 11 is 8.68. The average Bonchev–Trinajstić information content (AvgIpc) is 3.36. The van der Waals surface area contributed by atoms with Crippen LogP contribution in [0.5, 0.6) is 0 Å². The lowest BCUT2D eigenvalue weighted by molar-refractivity contribution is -0.113. The Morgan fingerprint density at radius 2 is 2.03 bits per heavy atom. The van der Waals surface area contributed by atoms with Gasteiger partial charge in [-0.3, -0.25) is 14.2 Å². The highest BCUT2D eigenvalue weighted by atomic mass is 35.5. The molecule has 0 unspecified atom stereocenters. The number of carbonyl (C=O) groups excluding carboxylic acids is 1. The number of pyridine rings is 1. The van der Waals surface area contributed by atoms with Gasteiger partial charge in [0.15, 0.2) is 5.16 Å². The van der Waals surface area contributed by atoms with Crippen molar-refractivity contribution in [3.63, 3.8) is 0 Å². The van der Waals surface area contributed by atoms with Gasteiger partial charge in [-0.15, -0.1) is 11.3 Å². The molecule has 1 aliphatic carbocycles. The fraction of sp³-hybridized carbons (Fsp3) is 0.217. The quantitative estimate of drug-likeness (QED) is 0.319. The molecule has 1 aromatic carbocycles. The van der Waals surface area contributed by atoms with E-state index < -0.39 is 0 Å². The molecule has 3 heterocycles. The number of thiophene rings is 1. The molecule has 0 saturated carbocycles. The van der Waals surface area contributed by atoms with Crippen molar-refractivity contribution in [3.8, 4) is 5.69 Å². The zero-order chi connectivity index (χ0) is 22.2. The minimum Gasteiger partial charge on any atom is -0.310 e. The number of amides is 1. The minimum absolute atomic E-state index is 0.0690. The predicted octanol–water partition coefficient (Wildman–Crippen LogP) is 5.02. The number of aryl methyl sites for hydroxylation is 3. The molecule has 3 aromatic heterocycles. The first-order valence-electron chi connectivity index (χ1n) is 10.2. The maximum atomic E-state index is 13.6. The molecule has 0 aliphatic heterocycles. The van der Waals surface area contributed by atoms with Crippen molar-refractivity contribution < 1.29 is 4.79 Å². The highest BCUT2D eigenvalue weighted by Crippen LogP contribution is 2.36. The number of nitrogens with zero attached hydrogens (tertiary/aromatic N) is 3. The van der Waals surface area contributed by atoms with Crippen LogP contribution >= 0.6 is 34.7 Å². The third-order valence-corrected chi connectivity index (χ3v) is 7.68. The van der Waals surface area contributed by atoms with E-state index in [0.29, 0.717) is 16.0 Å². The molecular weight excluding hydrogens is 464 g/mol. The number of fused-ring (bicyclic) bond motifs is 3. The van der Waals surface area contributed by atoms with Crippen molar-refractivity contribution in [1.82, 2.24) is 14.5 Å². The van der Waals surface area contributed by atoms with E-state index >= 15 is 0 Å². The number of carbonyl (C=O) groups is 1. The second-order valence-corrected chi connectivity index (χ2v) is 10.1. The summed E-state index contributed by atoms with van der Waals surface area (Å²) in [4.78, 5) is 37.0. The van der Waals surface area contributed by atoms with Crippen LogP contribution in [0.2, 0.25) is 5.02 Å². The van der Waals surface area contributed by atoms with Gasteiger partial charge in [0.05, 0.1) is 21.8 Å². The first-order valence-corrected chi connectivity index (χ1v) is 12.4. The fourth-order valence-electron chi connectivity index (χ4n) is 3.80. The van der Waals surface area contributed by atoms with Crippen LogP contribution in [0.3, 0.4) is 0 Å². The molecule has 0 saturated heterocycles. The van der Waals surface area contributed by atoms with Crippen molar-refractivity contribution in [2.24, 2.45) is 0 Å². The van der Waals surface area contributed by atoms with Gasteiger partial charge in [-0.2, -0.15) is 0 Å².